The van der Waals surface area contributed by atoms with E-state index in [-0.39, 0.29) is 0 Å². The highest BCUT2D eigenvalue weighted by atomic mass is 32.2. The summed E-state index contributed by atoms with van der Waals surface area (Å²) in [6.45, 7) is 2.11. The van der Waals surface area contributed by atoms with E-state index in [9.17, 15) is 0 Å². The van der Waals surface area contributed by atoms with Crippen molar-refractivity contribution in [2.75, 3.05) is 5.75 Å². The first-order valence-electron chi connectivity index (χ1n) is 3.82. The predicted molar refractivity (Wildman–Crippen MR) is 50.3 cm³/mol. The fraction of sp³-hybridized carbons (Fsp3) is 0.250. The maximum Gasteiger partial charge on any atom is 0.124 e. The van der Waals surface area contributed by atoms with Crippen molar-refractivity contribution in [2.24, 2.45) is 0 Å². The molecule has 3 nitrogen and oxygen atoms in total. The fourth-order valence-electron chi connectivity index (χ4n) is 1.09. The topological polar surface area (TPSA) is 41.6 Å². The first kappa shape index (κ1) is 7.61. The van der Waals surface area contributed by atoms with Crippen molar-refractivity contribution in [1.82, 2.24) is 15.0 Å². The highest BCUT2D eigenvalue weighted by molar-refractivity contribution is 7.99. The van der Waals surface area contributed by atoms with Crippen LogP contribution in [0, 0.1) is 0 Å². The summed E-state index contributed by atoms with van der Waals surface area (Å²) in [5, 5.41) is 1.03. The van der Waals surface area contributed by atoms with Crippen molar-refractivity contribution >= 4 is 22.8 Å². The molecule has 2 heterocycles. The minimum atomic E-state index is 0.987. The van der Waals surface area contributed by atoms with Gasteiger partial charge in [0.25, 0.3) is 0 Å². The lowest BCUT2D eigenvalue weighted by atomic mass is 10.5. The van der Waals surface area contributed by atoms with E-state index in [1.165, 1.54) is 0 Å². The Morgan fingerprint density at radius 2 is 2.42 bits per heavy atom. The van der Waals surface area contributed by atoms with E-state index in [1.807, 2.05) is 12.3 Å². The second-order valence-electron chi connectivity index (χ2n) is 2.35. The molecule has 0 unspecified atom stereocenters. The van der Waals surface area contributed by atoms with E-state index in [1.54, 1.807) is 18.1 Å². The number of aromatic amines is 1. The summed E-state index contributed by atoms with van der Waals surface area (Å²) < 4.78 is 0. The molecule has 4 heteroatoms. The number of nitrogens with zero attached hydrogens (tertiary/aromatic N) is 2. The average Bonchev–Trinajstić information content (AvgIpc) is 2.53. The number of nitrogens with one attached hydrogen (secondary N) is 1. The van der Waals surface area contributed by atoms with E-state index in [0.717, 1.165) is 21.8 Å². The maximum atomic E-state index is 4.19. The van der Waals surface area contributed by atoms with E-state index in [2.05, 4.69) is 21.9 Å². The molecule has 2 aromatic rings. The number of hydrogen-bond donors (Lipinski definition) is 1. The monoisotopic (exact) mass is 179 g/mol. The number of H-pyrrole nitrogens is 1. The molecule has 12 heavy (non-hydrogen) atoms. The Morgan fingerprint density at radius 3 is 3.25 bits per heavy atom. The zero-order chi connectivity index (χ0) is 8.39. The third-order valence-electron chi connectivity index (χ3n) is 1.59. The molecule has 0 aromatic carbocycles. The maximum absolute atomic E-state index is 4.19. The lowest BCUT2D eigenvalue weighted by molar-refractivity contribution is 1.09. The van der Waals surface area contributed by atoms with Crippen LogP contribution < -0.4 is 0 Å². The van der Waals surface area contributed by atoms with Crippen molar-refractivity contribution in [3.63, 3.8) is 0 Å². The smallest absolute Gasteiger partial charge is 0.124 e. The molecule has 0 aliphatic rings. The minimum Gasteiger partial charge on any atom is -0.358 e. The Kier molecular flexibility index (Phi) is 1.99. The van der Waals surface area contributed by atoms with Gasteiger partial charge in [-0.1, -0.05) is 6.92 Å². The Bertz CT molecular complexity index is 382. The molecule has 0 aliphatic heterocycles. The van der Waals surface area contributed by atoms with Gasteiger partial charge >= 0.3 is 0 Å². The standard InChI is InChI=1S/C8H9N3S/c1-2-12-8-7-6(3-4-9-7)10-5-11-8/h3-5,9H,2H2,1H3. The molecule has 0 spiro atoms. The van der Waals surface area contributed by atoms with Gasteiger partial charge < -0.3 is 4.98 Å². The van der Waals surface area contributed by atoms with E-state index in [4.69, 9.17) is 0 Å². The van der Waals surface area contributed by atoms with Crippen LogP contribution in [0.1, 0.15) is 6.92 Å². The van der Waals surface area contributed by atoms with E-state index >= 15 is 0 Å². The lowest BCUT2D eigenvalue weighted by Crippen LogP contribution is -1.84. The van der Waals surface area contributed by atoms with Crippen molar-refractivity contribution in [3.8, 4) is 0 Å². The molecule has 1 N–H and O–H groups in total. The van der Waals surface area contributed by atoms with Crippen molar-refractivity contribution in [1.29, 1.82) is 0 Å². The minimum absolute atomic E-state index is 0.987. The molecule has 0 atom stereocenters. The first-order chi connectivity index (χ1) is 5.92. The molecule has 0 amide bonds. The van der Waals surface area contributed by atoms with Crippen LogP contribution >= 0.6 is 11.8 Å². The van der Waals surface area contributed by atoms with Gasteiger partial charge in [0.2, 0.25) is 0 Å². The molecular formula is C8H9N3S. The zero-order valence-electron chi connectivity index (χ0n) is 6.74. The summed E-state index contributed by atoms with van der Waals surface area (Å²) in [5.74, 6) is 1.03. The molecule has 0 radical (unpaired) electrons. The number of fused-ring (bicyclic) bond motifs is 1. The molecule has 0 fully saturated rings. The molecule has 0 saturated heterocycles. The molecule has 0 bridgehead atoms. The van der Waals surface area contributed by atoms with Crippen LogP contribution in [0.25, 0.3) is 11.0 Å². The second kappa shape index (κ2) is 3.15. The number of thioether (sulfide) groups is 1. The third-order valence-corrected chi connectivity index (χ3v) is 2.46. The number of hydrogen-bond acceptors (Lipinski definition) is 3. The molecule has 2 rings (SSSR count). The number of rotatable bonds is 2. The SMILES string of the molecule is CCSc1ncnc2cc[nH]c12. The predicted octanol–water partition coefficient (Wildman–Crippen LogP) is 2.07. The third kappa shape index (κ3) is 1.18. The summed E-state index contributed by atoms with van der Waals surface area (Å²) in [4.78, 5) is 11.4. The van der Waals surface area contributed by atoms with Crippen LogP contribution in [0.3, 0.4) is 0 Å². The fourth-order valence-corrected chi connectivity index (χ4v) is 1.80. The Balaban J connectivity index is 2.57. The normalized spacial score (nSPS) is 10.8. The van der Waals surface area contributed by atoms with E-state index in [0.29, 0.717) is 0 Å². The summed E-state index contributed by atoms with van der Waals surface area (Å²) in [6, 6.07) is 1.96. The quantitative estimate of drug-likeness (QED) is 0.566. The van der Waals surface area contributed by atoms with Gasteiger partial charge in [-0.3, -0.25) is 0 Å². The lowest BCUT2D eigenvalue weighted by Gasteiger charge is -1.97. The van der Waals surface area contributed by atoms with Gasteiger partial charge in [0.1, 0.15) is 11.4 Å². The summed E-state index contributed by atoms with van der Waals surface area (Å²) in [5.41, 5.74) is 2.03. The molecular weight excluding hydrogens is 170 g/mol. The van der Waals surface area contributed by atoms with Gasteiger partial charge in [-0.15, -0.1) is 11.8 Å². The Labute approximate surface area is 74.6 Å². The van der Waals surface area contributed by atoms with Gasteiger partial charge in [0.15, 0.2) is 0 Å². The summed E-state index contributed by atoms with van der Waals surface area (Å²) in [7, 11) is 0. The highest BCUT2D eigenvalue weighted by Crippen LogP contribution is 2.21. The van der Waals surface area contributed by atoms with Gasteiger partial charge in [-0.25, -0.2) is 9.97 Å². The summed E-state index contributed by atoms with van der Waals surface area (Å²) in [6.07, 6.45) is 3.49. The molecule has 62 valence electrons. The van der Waals surface area contributed by atoms with Gasteiger partial charge in [0, 0.05) is 6.20 Å². The van der Waals surface area contributed by atoms with Crippen LogP contribution in [0.5, 0.6) is 0 Å². The summed E-state index contributed by atoms with van der Waals surface area (Å²) >= 11 is 1.73. The second-order valence-corrected chi connectivity index (χ2v) is 3.60. The van der Waals surface area contributed by atoms with Crippen LogP contribution in [0.4, 0.5) is 0 Å². The Hall–Kier alpha value is -1.03. The number of aromatic nitrogens is 3. The molecule has 0 saturated carbocycles. The van der Waals surface area contributed by atoms with Crippen LogP contribution in [-0.2, 0) is 0 Å². The first-order valence-corrected chi connectivity index (χ1v) is 4.81. The van der Waals surface area contributed by atoms with Crippen molar-refractivity contribution in [3.05, 3.63) is 18.6 Å². The average molecular weight is 179 g/mol. The van der Waals surface area contributed by atoms with Gasteiger partial charge in [0.05, 0.1) is 11.0 Å². The highest BCUT2D eigenvalue weighted by Gasteiger charge is 2.02. The van der Waals surface area contributed by atoms with Gasteiger partial charge in [-0.05, 0) is 11.8 Å². The van der Waals surface area contributed by atoms with E-state index < -0.39 is 0 Å². The molecule has 0 aliphatic carbocycles. The zero-order valence-corrected chi connectivity index (χ0v) is 7.56. The largest absolute Gasteiger partial charge is 0.358 e. The van der Waals surface area contributed by atoms with Crippen LogP contribution in [0.2, 0.25) is 0 Å². The molecule has 2 aromatic heterocycles. The van der Waals surface area contributed by atoms with Gasteiger partial charge in [-0.2, -0.15) is 0 Å². The van der Waals surface area contributed by atoms with Crippen molar-refractivity contribution < 1.29 is 0 Å². The van der Waals surface area contributed by atoms with Crippen molar-refractivity contribution in [2.45, 2.75) is 11.9 Å². The Morgan fingerprint density at radius 1 is 1.50 bits per heavy atom. The van der Waals surface area contributed by atoms with Crippen LogP contribution in [0.15, 0.2) is 23.6 Å². The van der Waals surface area contributed by atoms with Crippen LogP contribution in [-0.4, -0.2) is 20.7 Å².